The van der Waals surface area contributed by atoms with E-state index in [0.717, 1.165) is 30.4 Å². The summed E-state index contributed by atoms with van der Waals surface area (Å²) in [6.07, 6.45) is 2.34. The molecule has 0 bridgehead atoms. The number of rotatable bonds is 6. The molecule has 2 N–H and O–H groups in total. The van der Waals surface area contributed by atoms with E-state index in [1.54, 1.807) is 12.1 Å². The van der Waals surface area contributed by atoms with Gasteiger partial charge in [-0.25, -0.2) is 0 Å². The molecule has 1 aliphatic heterocycles. The molecule has 1 aliphatic rings. The van der Waals surface area contributed by atoms with Crippen LogP contribution in [0.2, 0.25) is 0 Å². The summed E-state index contributed by atoms with van der Waals surface area (Å²) in [6, 6.07) is 5.30. The first-order chi connectivity index (χ1) is 11.0. The number of halogens is 1. The van der Waals surface area contributed by atoms with Gasteiger partial charge in [0, 0.05) is 30.4 Å². The van der Waals surface area contributed by atoms with Crippen LogP contribution in [-0.2, 0) is 4.79 Å². The van der Waals surface area contributed by atoms with E-state index < -0.39 is 0 Å². The van der Waals surface area contributed by atoms with Crippen molar-refractivity contribution in [1.29, 1.82) is 0 Å². The number of ether oxygens (including phenoxy) is 1. The minimum atomic E-state index is -0.0756. The highest BCUT2D eigenvalue weighted by atomic mass is 79.9. The molecule has 0 aliphatic carbocycles. The van der Waals surface area contributed by atoms with Gasteiger partial charge in [0.05, 0.1) is 12.7 Å². The second-order valence-electron chi connectivity index (χ2n) is 5.83. The van der Waals surface area contributed by atoms with Gasteiger partial charge < -0.3 is 15.4 Å². The number of ketones is 1. The fourth-order valence-corrected chi connectivity index (χ4v) is 3.19. The van der Waals surface area contributed by atoms with Crippen molar-refractivity contribution in [1.82, 2.24) is 4.90 Å². The second kappa shape index (κ2) is 8.45. The summed E-state index contributed by atoms with van der Waals surface area (Å²) in [5.41, 5.74) is 6.17. The van der Waals surface area contributed by atoms with Crippen molar-refractivity contribution in [2.24, 2.45) is 11.7 Å². The Morgan fingerprint density at radius 1 is 1.30 bits per heavy atom. The average Bonchev–Trinajstić information content (AvgIpc) is 2.59. The summed E-state index contributed by atoms with van der Waals surface area (Å²) in [4.78, 5) is 26.5. The molecule has 6 heteroatoms. The first kappa shape index (κ1) is 17.9. The molecule has 1 fully saturated rings. The lowest BCUT2D eigenvalue weighted by Gasteiger charge is -2.31. The van der Waals surface area contributed by atoms with Crippen LogP contribution in [0.4, 0.5) is 0 Å². The maximum absolute atomic E-state index is 12.4. The monoisotopic (exact) mass is 382 g/mol. The van der Waals surface area contributed by atoms with Crippen molar-refractivity contribution in [3.8, 4) is 5.75 Å². The standard InChI is InChI=1S/C17H23BrN2O3/c1-23-16-4-2-13(18)10-14(16)15(21)3-5-17(22)20-8-6-12(11-19)7-9-20/h2,4,10,12H,3,5-9,11,19H2,1H3. The molecule has 0 saturated carbocycles. The van der Waals surface area contributed by atoms with Gasteiger partial charge in [-0.15, -0.1) is 0 Å². The number of nitrogens with two attached hydrogens (primary N) is 1. The van der Waals surface area contributed by atoms with Gasteiger partial charge in [-0.3, -0.25) is 9.59 Å². The maximum atomic E-state index is 12.4. The van der Waals surface area contributed by atoms with E-state index in [1.807, 2.05) is 11.0 Å². The minimum Gasteiger partial charge on any atom is -0.496 e. The summed E-state index contributed by atoms with van der Waals surface area (Å²) in [6.45, 7) is 2.17. The lowest BCUT2D eigenvalue weighted by Crippen LogP contribution is -2.40. The Kier molecular flexibility index (Phi) is 6.59. The molecule has 126 valence electrons. The number of hydrogen-bond donors (Lipinski definition) is 1. The van der Waals surface area contributed by atoms with Crippen molar-refractivity contribution in [2.75, 3.05) is 26.7 Å². The quantitative estimate of drug-likeness (QED) is 0.767. The number of carbonyl (C=O) groups excluding carboxylic acids is 2. The second-order valence-corrected chi connectivity index (χ2v) is 6.74. The summed E-state index contributed by atoms with van der Waals surface area (Å²) in [5, 5.41) is 0. The van der Waals surface area contributed by atoms with Crippen LogP contribution in [0.25, 0.3) is 0 Å². The predicted octanol–water partition coefficient (Wildman–Crippen LogP) is 2.62. The van der Waals surface area contributed by atoms with E-state index in [9.17, 15) is 9.59 Å². The van der Waals surface area contributed by atoms with Crippen LogP contribution in [0.3, 0.4) is 0 Å². The number of carbonyl (C=O) groups is 2. The highest BCUT2D eigenvalue weighted by Crippen LogP contribution is 2.25. The Morgan fingerprint density at radius 3 is 2.61 bits per heavy atom. The number of benzene rings is 1. The van der Waals surface area contributed by atoms with Crippen molar-refractivity contribution in [2.45, 2.75) is 25.7 Å². The molecular formula is C17H23BrN2O3. The predicted molar refractivity (Wildman–Crippen MR) is 92.6 cm³/mol. The van der Waals surface area contributed by atoms with Crippen LogP contribution < -0.4 is 10.5 Å². The lowest BCUT2D eigenvalue weighted by atomic mass is 9.96. The summed E-state index contributed by atoms with van der Waals surface area (Å²) in [7, 11) is 1.53. The Hall–Kier alpha value is -1.40. The Bertz CT molecular complexity index is 569. The van der Waals surface area contributed by atoms with Crippen molar-refractivity contribution in [3.05, 3.63) is 28.2 Å². The number of hydrogen-bond acceptors (Lipinski definition) is 4. The van der Waals surface area contributed by atoms with Crippen LogP contribution in [0.15, 0.2) is 22.7 Å². The number of nitrogens with zero attached hydrogens (tertiary/aromatic N) is 1. The van der Waals surface area contributed by atoms with Crippen molar-refractivity contribution >= 4 is 27.6 Å². The highest BCUT2D eigenvalue weighted by molar-refractivity contribution is 9.10. The Labute approximate surface area is 145 Å². The van der Waals surface area contributed by atoms with E-state index in [4.69, 9.17) is 10.5 Å². The largest absolute Gasteiger partial charge is 0.496 e. The minimum absolute atomic E-state index is 0.0442. The van der Waals surface area contributed by atoms with E-state index in [2.05, 4.69) is 15.9 Å². The van der Waals surface area contributed by atoms with Crippen LogP contribution in [0.1, 0.15) is 36.0 Å². The van der Waals surface area contributed by atoms with Gasteiger partial charge in [-0.1, -0.05) is 15.9 Å². The van der Waals surface area contributed by atoms with E-state index in [1.165, 1.54) is 7.11 Å². The lowest BCUT2D eigenvalue weighted by molar-refractivity contribution is -0.132. The van der Waals surface area contributed by atoms with Gasteiger partial charge in [0.1, 0.15) is 5.75 Å². The fourth-order valence-electron chi connectivity index (χ4n) is 2.83. The summed E-state index contributed by atoms with van der Waals surface area (Å²) < 4.78 is 6.04. The van der Waals surface area contributed by atoms with Crippen LogP contribution in [-0.4, -0.2) is 43.3 Å². The SMILES string of the molecule is COc1ccc(Br)cc1C(=O)CCC(=O)N1CCC(CN)CC1. The van der Waals surface area contributed by atoms with Gasteiger partial charge in [0.2, 0.25) is 5.91 Å². The molecule has 2 rings (SSSR count). The summed E-state index contributed by atoms with van der Waals surface area (Å²) >= 11 is 3.36. The molecule has 0 unspecified atom stereocenters. The number of amides is 1. The third-order valence-electron chi connectivity index (χ3n) is 4.33. The maximum Gasteiger partial charge on any atom is 0.223 e. The van der Waals surface area contributed by atoms with E-state index >= 15 is 0 Å². The molecule has 23 heavy (non-hydrogen) atoms. The van der Waals surface area contributed by atoms with Crippen LogP contribution in [0, 0.1) is 5.92 Å². The summed E-state index contributed by atoms with van der Waals surface area (Å²) in [5.74, 6) is 1.03. The number of methoxy groups -OCH3 is 1. The fraction of sp³-hybridized carbons (Fsp3) is 0.529. The number of likely N-dealkylation sites (tertiary alicyclic amines) is 1. The molecule has 1 saturated heterocycles. The molecule has 5 nitrogen and oxygen atoms in total. The smallest absolute Gasteiger partial charge is 0.223 e. The Balaban J connectivity index is 1.89. The van der Waals surface area contributed by atoms with Gasteiger partial charge >= 0.3 is 0 Å². The molecule has 0 spiro atoms. The van der Waals surface area contributed by atoms with Crippen LogP contribution in [0.5, 0.6) is 5.75 Å². The molecule has 1 amide bonds. The van der Waals surface area contributed by atoms with Gasteiger partial charge in [-0.2, -0.15) is 0 Å². The molecule has 1 aromatic rings. The molecule has 1 heterocycles. The first-order valence-electron chi connectivity index (χ1n) is 7.89. The molecule has 0 radical (unpaired) electrons. The average molecular weight is 383 g/mol. The zero-order valence-electron chi connectivity index (χ0n) is 13.4. The molecular weight excluding hydrogens is 360 g/mol. The van der Waals surface area contributed by atoms with Crippen molar-refractivity contribution in [3.63, 3.8) is 0 Å². The number of piperidine rings is 1. The highest BCUT2D eigenvalue weighted by Gasteiger charge is 2.23. The zero-order valence-corrected chi connectivity index (χ0v) is 15.0. The number of Topliss-reactive ketones (excluding diaryl/α,β-unsaturated/α-hetero) is 1. The third-order valence-corrected chi connectivity index (χ3v) is 4.82. The normalized spacial score (nSPS) is 15.5. The van der Waals surface area contributed by atoms with E-state index in [-0.39, 0.29) is 24.5 Å². The van der Waals surface area contributed by atoms with Gasteiger partial charge in [-0.05, 0) is 43.5 Å². The third kappa shape index (κ3) is 4.78. The molecule has 0 aromatic heterocycles. The van der Waals surface area contributed by atoms with Gasteiger partial charge in [0.25, 0.3) is 0 Å². The van der Waals surface area contributed by atoms with Gasteiger partial charge in [0.15, 0.2) is 5.78 Å². The molecule has 0 atom stereocenters. The first-order valence-corrected chi connectivity index (χ1v) is 8.69. The molecule has 1 aromatic carbocycles. The zero-order chi connectivity index (χ0) is 16.8. The topological polar surface area (TPSA) is 72.6 Å². The Morgan fingerprint density at radius 2 is 2.00 bits per heavy atom. The van der Waals surface area contributed by atoms with Crippen molar-refractivity contribution < 1.29 is 14.3 Å². The van der Waals surface area contributed by atoms with Crippen LogP contribution >= 0.6 is 15.9 Å². The van der Waals surface area contributed by atoms with E-state index in [0.29, 0.717) is 23.8 Å².